The van der Waals surface area contributed by atoms with Gasteiger partial charge in [-0.2, -0.15) is 0 Å². The van der Waals surface area contributed by atoms with Gasteiger partial charge in [-0.1, -0.05) is 13.8 Å². The largest absolute Gasteiger partial charge is 0.351 e. The molecule has 0 fully saturated rings. The first-order valence-corrected chi connectivity index (χ1v) is 4.81. The van der Waals surface area contributed by atoms with Crippen LogP contribution in [0.5, 0.6) is 0 Å². The van der Waals surface area contributed by atoms with Crippen LogP contribution < -0.4 is 0 Å². The first-order valence-electron chi connectivity index (χ1n) is 4.81. The molecule has 0 spiro atoms. The Balaban J connectivity index is 3.99. The van der Waals surface area contributed by atoms with Crippen molar-refractivity contribution in [2.24, 2.45) is 0 Å². The molecule has 0 aliphatic heterocycles. The van der Waals surface area contributed by atoms with Gasteiger partial charge in [0.1, 0.15) is 0 Å². The highest BCUT2D eigenvalue weighted by Gasteiger charge is 2.27. The molecule has 0 saturated heterocycles. The molecule has 0 bridgehead atoms. The summed E-state index contributed by atoms with van der Waals surface area (Å²) < 4.78 is 5.18. The number of hydrogen-bond donors (Lipinski definition) is 0. The van der Waals surface area contributed by atoms with Crippen LogP contribution in [0.25, 0.3) is 0 Å². The van der Waals surface area contributed by atoms with E-state index >= 15 is 0 Å². The highest BCUT2D eigenvalue weighted by atomic mass is 17.2. The Morgan fingerprint density at radius 1 is 0.923 bits per heavy atom. The van der Waals surface area contributed by atoms with E-state index in [-0.39, 0.29) is 5.60 Å². The van der Waals surface area contributed by atoms with E-state index in [0.29, 0.717) is 0 Å². The summed E-state index contributed by atoms with van der Waals surface area (Å²) in [6.45, 7) is 9.88. The Morgan fingerprint density at radius 3 is 1.77 bits per heavy atom. The van der Waals surface area contributed by atoms with Crippen molar-refractivity contribution in [2.75, 3.05) is 7.11 Å². The van der Waals surface area contributed by atoms with Gasteiger partial charge in [0.15, 0.2) is 5.79 Å². The number of hydrogen-bond acceptors (Lipinski definition) is 3. The molecule has 0 saturated carbocycles. The van der Waals surface area contributed by atoms with Crippen molar-refractivity contribution >= 4 is 0 Å². The Kier molecular flexibility index (Phi) is 4.89. The molecule has 0 heterocycles. The van der Waals surface area contributed by atoms with Gasteiger partial charge in [-0.15, -0.1) is 0 Å². The molecule has 13 heavy (non-hydrogen) atoms. The summed E-state index contributed by atoms with van der Waals surface area (Å²) >= 11 is 0. The summed E-state index contributed by atoms with van der Waals surface area (Å²) in [7, 11) is 1.62. The summed E-state index contributed by atoms with van der Waals surface area (Å²) in [5, 5.41) is 0. The van der Waals surface area contributed by atoms with Crippen molar-refractivity contribution in [3.05, 3.63) is 0 Å². The minimum atomic E-state index is -0.632. The van der Waals surface area contributed by atoms with Gasteiger partial charge < -0.3 is 4.74 Å². The molecule has 3 nitrogen and oxygen atoms in total. The molecular weight excluding hydrogens is 168 g/mol. The lowest BCUT2D eigenvalue weighted by atomic mass is 10.1. The van der Waals surface area contributed by atoms with E-state index in [1.54, 1.807) is 7.11 Å². The standard InChI is InChI=1S/C10H22O3/c1-7-9(3,4)12-13-10(5,8-2)11-6/h7-8H2,1-6H3. The molecule has 0 aromatic carbocycles. The van der Waals surface area contributed by atoms with Gasteiger partial charge in [-0.05, 0) is 27.2 Å². The van der Waals surface area contributed by atoms with E-state index in [4.69, 9.17) is 14.5 Å². The van der Waals surface area contributed by atoms with E-state index in [1.807, 2.05) is 27.7 Å². The second-order valence-electron chi connectivity index (χ2n) is 3.97. The molecule has 0 rings (SSSR count). The Hall–Kier alpha value is -0.120. The van der Waals surface area contributed by atoms with Crippen LogP contribution in [0.15, 0.2) is 0 Å². The zero-order valence-electron chi connectivity index (χ0n) is 9.64. The van der Waals surface area contributed by atoms with Crippen molar-refractivity contribution in [1.82, 2.24) is 0 Å². The molecule has 0 aliphatic rings. The number of rotatable bonds is 6. The first kappa shape index (κ1) is 12.9. The third-order valence-electron chi connectivity index (χ3n) is 2.37. The first-order chi connectivity index (χ1) is 5.89. The SMILES string of the molecule is CCC(C)(C)OOC(C)(CC)OC. The van der Waals surface area contributed by atoms with Crippen LogP contribution in [0, 0.1) is 0 Å². The molecule has 80 valence electrons. The molecule has 0 aromatic rings. The van der Waals surface area contributed by atoms with Crippen LogP contribution in [0.4, 0.5) is 0 Å². The summed E-state index contributed by atoms with van der Waals surface area (Å²) in [6.07, 6.45) is 1.65. The summed E-state index contributed by atoms with van der Waals surface area (Å²) in [6, 6.07) is 0. The third-order valence-corrected chi connectivity index (χ3v) is 2.37. The van der Waals surface area contributed by atoms with E-state index in [0.717, 1.165) is 12.8 Å². The van der Waals surface area contributed by atoms with E-state index in [2.05, 4.69) is 6.92 Å². The summed E-state index contributed by atoms with van der Waals surface area (Å²) in [5.41, 5.74) is -0.255. The van der Waals surface area contributed by atoms with Crippen LogP contribution in [-0.4, -0.2) is 18.5 Å². The highest BCUT2D eigenvalue weighted by molar-refractivity contribution is 4.63. The maximum Gasteiger partial charge on any atom is 0.198 e. The van der Waals surface area contributed by atoms with Crippen LogP contribution in [0.1, 0.15) is 47.5 Å². The molecular formula is C10H22O3. The molecule has 0 aromatic heterocycles. The number of methoxy groups -OCH3 is 1. The third kappa shape index (κ3) is 4.60. The summed E-state index contributed by atoms with van der Waals surface area (Å²) in [4.78, 5) is 10.6. The van der Waals surface area contributed by atoms with Crippen molar-refractivity contribution in [2.45, 2.75) is 58.8 Å². The van der Waals surface area contributed by atoms with Gasteiger partial charge in [0.05, 0.1) is 5.60 Å². The number of ether oxygens (including phenoxy) is 1. The molecule has 3 heteroatoms. The fraction of sp³-hybridized carbons (Fsp3) is 1.00. The van der Waals surface area contributed by atoms with Crippen molar-refractivity contribution in [3.63, 3.8) is 0 Å². The van der Waals surface area contributed by atoms with Crippen molar-refractivity contribution in [1.29, 1.82) is 0 Å². The monoisotopic (exact) mass is 190 g/mol. The smallest absolute Gasteiger partial charge is 0.198 e. The fourth-order valence-electron chi connectivity index (χ4n) is 0.497. The fourth-order valence-corrected chi connectivity index (χ4v) is 0.497. The Bertz CT molecular complexity index is 139. The maximum absolute atomic E-state index is 5.30. The predicted octanol–water partition coefficient (Wildman–Crippen LogP) is 2.90. The lowest BCUT2D eigenvalue weighted by molar-refractivity contribution is -0.454. The average Bonchev–Trinajstić information content (AvgIpc) is 2.14. The quantitative estimate of drug-likeness (QED) is 0.366. The second kappa shape index (κ2) is 4.94. The van der Waals surface area contributed by atoms with E-state index in [1.165, 1.54) is 0 Å². The zero-order chi connectivity index (χ0) is 10.5. The topological polar surface area (TPSA) is 27.7 Å². The van der Waals surface area contributed by atoms with Gasteiger partial charge in [-0.3, -0.25) is 0 Å². The summed E-state index contributed by atoms with van der Waals surface area (Å²) in [5.74, 6) is -0.632. The van der Waals surface area contributed by atoms with Crippen LogP contribution in [0.2, 0.25) is 0 Å². The van der Waals surface area contributed by atoms with Crippen LogP contribution >= 0.6 is 0 Å². The molecule has 1 atom stereocenters. The minimum Gasteiger partial charge on any atom is -0.351 e. The van der Waals surface area contributed by atoms with Gasteiger partial charge >= 0.3 is 0 Å². The Labute approximate surface area is 81.3 Å². The van der Waals surface area contributed by atoms with Crippen LogP contribution in [-0.2, 0) is 14.5 Å². The molecule has 0 aliphatic carbocycles. The molecule has 1 unspecified atom stereocenters. The van der Waals surface area contributed by atoms with Crippen LogP contribution in [0.3, 0.4) is 0 Å². The second-order valence-corrected chi connectivity index (χ2v) is 3.97. The van der Waals surface area contributed by atoms with Gasteiger partial charge in [0.2, 0.25) is 0 Å². The minimum absolute atomic E-state index is 0.255. The lowest BCUT2D eigenvalue weighted by Crippen LogP contribution is -2.35. The lowest BCUT2D eigenvalue weighted by Gasteiger charge is -2.30. The van der Waals surface area contributed by atoms with Crippen molar-refractivity contribution in [3.8, 4) is 0 Å². The van der Waals surface area contributed by atoms with Gasteiger partial charge in [0.25, 0.3) is 0 Å². The van der Waals surface area contributed by atoms with Crippen molar-refractivity contribution < 1.29 is 14.5 Å². The molecule has 0 amide bonds. The molecule has 0 radical (unpaired) electrons. The maximum atomic E-state index is 5.30. The zero-order valence-corrected chi connectivity index (χ0v) is 9.64. The molecule has 0 N–H and O–H groups in total. The van der Waals surface area contributed by atoms with E-state index in [9.17, 15) is 0 Å². The van der Waals surface area contributed by atoms with Gasteiger partial charge in [-0.25, -0.2) is 9.78 Å². The highest BCUT2D eigenvalue weighted by Crippen LogP contribution is 2.22. The van der Waals surface area contributed by atoms with E-state index < -0.39 is 5.79 Å². The predicted molar refractivity (Wildman–Crippen MR) is 52.2 cm³/mol. The average molecular weight is 190 g/mol. The van der Waals surface area contributed by atoms with Gasteiger partial charge in [0, 0.05) is 13.5 Å². The normalized spacial score (nSPS) is 17.1. The Morgan fingerprint density at radius 2 is 1.46 bits per heavy atom.